The van der Waals surface area contributed by atoms with Crippen molar-refractivity contribution in [2.75, 3.05) is 18.5 Å². The van der Waals surface area contributed by atoms with Gasteiger partial charge in [-0.2, -0.15) is 0 Å². The van der Waals surface area contributed by atoms with Crippen molar-refractivity contribution in [3.05, 3.63) is 24.0 Å². The van der Waals surface area contributed by atoms with E-state index in [4.69, 9.17) is 4.74 Å². The minimum absolute atomic E-state index is 0.454. The lowest BCUT2D eigenvalue weighted by atomic mass is 10.0. The zero-order valence-electron chi connectivity index (χ0n) is 9.36. The van der Waals surface area contributed by atoms with Gasteiger partial charge in [0, 0.05) is 24.8 Å². The predicted molar refractivity (Wildman–Crippen MR) is 61.0 cm³/mol. The third kappa shape index (κ3) is 2.48. The van der Waals surface area contributed by atoms with Gasteiger partial charge in [0.2, 0.25) is 0 Å². The minimum Gasteiger partial charge on any atom is -0.381 e. The van der Waals surface area contributed by atoms with E-state index in [0.29, 0.717) is 12.0 Å². The standard InChI is InChI=1S/C12H18N2O/c1-9(11-5-7-15-8-11)14-12-4-3-6-13-10(12)2/h3-4,6,9,11,14H,5,7-8H2,1-2H3. The number of pyridine rings is 1. The number of ether oxygens (including phenoxy) is 1. The molecule has 1 saturated heterocycles. The number of anilines is 1. The SMILES string of the molecule is Cc1ncccc1NC(C)C1CCOC1. The first-order chi connectivity index (χ1) is 7.27. The van der Waals surface area contributed by atoms with E-state index in [0.717, 1.165) is 31.0 Å². The Hall–Kier alpha value is -1.09. The molecule has 1 fully saturated rings. The first-order valence-corrected chi connectivity index (χ1v) is 5.53. The topological polar surface area (TPSA) is 34.2 Å². The molecule has 3 nitrogen and oxygen atoms in total. The van der Waals surface area contributed by atoms with E-state index in [9.17, 15) is 0 Å². The summed E-state index contributed by atoms with van der Waals surface area (Å²) in [4.78, 5) is 4.27. The van der Waals surface area contributed by atoms with Crippen LogP contribution in [0.4, 0.5) is 5.69 Å². The summed E-state index contributed by atoms with van der Waals surface area (Å²) in [6, 6.07) is 4.50. The molecule has 0 saturated carbocycles. The van der Waals surface area contributed by atoms with E-state index in [1.165, 1.54) is 0 Å². The molecule has 3 heteroatoms. The number of hydrogen-bond acceptors (Lipinski definition) is 3. The third-order valence-corrected chi connectivity index (χ3v) is 3.06. The lowest BCUT2D eigenvalue weighted by molar-refractivity contribution is 0.183. The molecule has 2 rings (SSSR count). The molecular formula is C12H18N2O. The summed E-state index contributed by atoms with van der Waals surface area (Å²) in [5.74, 6) is 0.629. The molecule has 1 aliphatic heterocycles. The zero-order chi connectivity index (χ0) is 10.7. The lowest BCUT2D eigenvalue weighted by Gasteiger charge is -2.21. The van der Waals surface area contributed by atoms with Gasteiger partial charge in [0.15, 0.2) is 0 Å². The number of rotatable bonds is 3. The Morgan fingerprint density at radius 1 is 1.60 bits per heavy atom. The van der Waals surface area contributed by atoms with Gasteiger partial charge in [-0.3, -0.25) is 4.98 Å². The molecule has 2 unspecified atom stereocenters. The van der Waals surface area contributed by atoms with Gasteiger partial charge in [-0.15, -0.1) is 0 Å². The Bertz CT molecular complexity index is 321. The second-order valence-electron chi connectivity index (χ2n) is 4.19. The first-order valence-electron chi connectivity index (χ1n) is 5.53. The van der Waals surface area contributed by atoms with E-state index < -0.39 is 0 Å². The van der Waals surface area contributed by atoms with E-state index in [2.05, 4.69) is 23.3 Å². The molecule has 0 radical (unpaired) electrons. The molecule has 0 aromatic carbocycles. The summed E-state index contributed by atoms with van der Waals surface area (Å²) in [5.41, 5.74) is 2.19. The van der Waals surface area contributed by atoms with Crippen LogP contribution in [-0.4, -0.2) is 24.2 Å². The van der Waals surface area contributed by atoms with Crippen LogP contribution in [0.15, 0.2) is 18.3 Å². The Labute approximate surface area is 90.9 Å². The average molecular weight is 206 g/mol. The van der Waals surface area contributed by atoms with Crippen LogP contribution >= 0.6 is 0 Å². The van der Waals surface area contributed by atoms with Gasteiger partial charge < -0.3 is 10.1 Å². The number of hydrogen-bond donors (Lipinski definition) is 1. The Balaban J connectivity index is 1.99. The minimum atomic E-state index is 0.454. The van der Waals surface area contributed by atoms with Crippen molar-refractivity contribution < 1.29 is 4.74 Å². The van der Waals surface area contributed by atoms with Crippen molar-refractivity contribution in [1.82, 2.24) is 4.98 Å². The molecule has 0 spiro atoms. The second-order valence-corrected chi connectivity index (χ2v) is 4.19. The van der Waals surface area contributed by atoms with Crippen LogP contribution in [0.3, 0.4) is 0 Å². The van der Waals surface area contributed by atoms with Crippen molar-refractivity contribution in [3.63, 3.8) is 0 Å². The summed E-state index contributed by atoms with van der Waals surface area (Å²) in [7, 11) is 0. The average Bonchev–Trinajstić information content (AvgIpc) is 2.74. The van der Waals surface area contributed by atoms with Crippen LogP contribution in [0.1, 0.15) is 19.0 Å². The monoisotopic (exact) mass is 206 g/mol. The van der Waals surface area contributed by atoms with Crippen molar-refractivity contribution >= 4 is 5.69 Å². The maximum Gasteiger partial charge on any atom is 0.0603 e. The molecule has 0 bridgehead atoms. The maximum absolute atomic E-state index is 5.39. The van der Waals surface area contributed by atoms with Crippen molar-refractivity contribution in [1.29, 1.82) is 0 Å². The second kappa shape index (κ2) is 4.62. The van der Waals surface area contributed by atoms with E-state index in [1.807, 2.05) is 19.2 Å². The maximum atomic E-state index is 5.39. The fourth-order valence-electron chi connectivity index (χ4n) is 1.95. The van der Waals surface area contributed by atoms with Gasteiger partial charge in [-0.05, 0) is 32.4 Å². The fraction of sp³-hybridized carbons (Fsp3) is 0.583. The molecule has 1 aromatic rings. The zero-order valence-corrected chi connectivity index (χ0v) is 9.36. The predicted octanol–water partition coefficient (Wildman–Crippen LogP) is 2.23. The Morgan fingerprint density at radius 2 is 2.47 bits per heavy atom. The van der Waals surface area contributed by atoms with Crippen LogP contribution in [0, 0.1) is 12.8 Å². The van der Waals surface area contributed by atoms with Gasteiger partial charge in [0.05, 0.1) is 18.0 Å². The van der Waals surface area contributed by atoms with Gasteiger partial charge in [0.1, 0.15) is 0 Å². The smallest absolute Gasteiger partial charge is 0.0603 e. The third-order valence-electron chi connectivity index (χ3n) is 3.06. The highest BCUT2D eigenvalue weighted by Gasteiger charge is 2.22. The van der Waals surface area contributed by atoms with Crippen molar-refractivity contribution in [3.8, 4) is 0 Å². The number of nitrogens with zero attached hydrogens (tertiary/aromatic N) is 1. The highest BCUT2D eigenvalue weighted by Crippen LogP contribution is 2.21. The molecule has 0 amide bonds. The van der Waals surface area contributed by atoms with E-state index in [-0.39, 0.29) is 0 Å². The summed E-state index contributed by atoms with van der Waals surface area (Å²) in [5, 5.41) is 3.51. The molecule has 15 heavy (non-hydrogen) atoms. The van der Waals surface area contributed by atoms with Crippen LogP contribution in [0.25, 0.3) is 0 Å². The molecule has 2 atom stereocenters. The largest absolute Gasteiger partial charge is 0.381 e. The highest BCUT2D eigenvalue weighted by molar-refractivity contribution is 5.47. The quantitative estimate of drug-likeness (QED) is 0.823. The Morgan fingerprint density at radius 3 is 3.13 bits per heavy atom. The molecule has 2 heterocycles. The van der Waals surface area contributed by atoms with E-state index in [1.54, 1.807) is 0 Å². The van der Waals surface area contributed by atoms with Gasteiger partial charge >= 0.3 is 0 Å². The lowest BCUT2D eigenvalue weighted by Crippen LogP contribution is -2.26. The number of aromatic nitrogens is 1. The first kappa shape index (κ1) is 10.4. The molecule has 1 aromatic heterocycles. The fourth-order valence-corrected chi connectivity index (χ4v) is 1.95. The summed E-state index contributed by atoms with van der Waals surface area (Å²) < 4.78 is 5.39. The normalized spacial score (nSPS) is 22.7. The molecular weight excluding hydrogens is 188 g/mol. The molecule has 1 aliphatic rings. The van der Waals surface area contributed by atoms with Crippen LogP contribution in [0.2, 0.25) is 0 Å². The highest BCUT2D eigenvalue weighted by atomic mass is 16.5. The van der Waals surface area contributed by atoms with Crippen LogP contribution < -0.4 is 5.32 Å². The molecule has 0 aliphatic carbocycles. The van der Waals surface area contributed by atoms with Crippen molar-refractivity contribution in [2.24, 2.45) is 5.92 Å². The van der Waals surface area contributed by atoms with Crippen molar-refractivity contribution in [2.45, 2.75) is 26.3 Å². The summed E-state index contributed by atoms with van der Waals surface area (Å²) >= 11 is 0. The Kier molecular flexibility index (Phi) is 3.21. The van der Waals surface area contributed by atoms with Crippen LogP contribution in [-0.2, 0) is 4.74 Å². The van der Waals surface area contributed by atoms with Crippen LogP contribution in [0.5, 0.6) is 0 Å². The molecule has 82 valence electrons. The van der Waals surface area contributed by atoms with Gasteiger partial charge in [-0.25, -0.2) is 0 Å². The molecule has 1 N–H and O–H groups in total. The number of nitrogens with one attached hydrogen (secondary N) is 1. The summed E-state index contributed by atoms with van der Waals surface area (Å²) in [6.45, 7) is 6.03. The van der Waals surface area contributed by atoms with E-state index >= 15 is 0 Å². The number of aryl methyl sites for hydroxylation is 1. The summed E-state index contributed by atoms with van der Waals surface area (Å²) in [6.07, 6.45) is 2.98. The van der Waals surface area contributed by atoms with Gasteiger partial charge in [-0.1, -0.05) is 0 Å². The van der Waals surface area contributed by atoms with Gasteiger partial charge in [0.25, 0.3) is 0 Å².